The highest BCUT2D eigenvalue weighted by molar-refractivity contribution is 5.92. The van der Waals surface area contributed by atoms with E-state index in [0.29, 0.717) is 13.1 Å². The molecule has 1 aliphatic heterocycles. The first-order chi connectivity index (χ1) is 10.5. The summed E-state index contributed by atoms with van der Waals surface area (Å²) < 4.78 is 1.88. The van der Waals surface area contributed by atoms with Gasteiger partial charge in [0.25, 0.3) is 0 Å². The quantitative estimate of drug-likeness (QED) is 0.906. The normalized spacial score (nSPS) is 15.9. The van der Waals surface area contributed by atoms with E-state index in [1.165, 1.54) is 0 Å². The van der Waals surface area contributed by atoms with Gasteiger partial charge in [0.05, 0.1) is 5.69 Å². The van der Waals surface area contributed by atoms with Crippen LogP contribution in [0.25, 0.3) is 0 Å². The molecule has 1 aromatic rings. The maximum atomic E-state index is 12.4. The highest BCUT2D eigenvalue weighted by atomic mass is 16.2. The Labute approximate surface area is 131 Å². The lowest BCUT2D eigenvalue weighted by Crippen LogP contribution is -2.40. The van der Waals surface area contributed by atoms with Crippen LogP contribution in [0.1, 0.15) is 45.2 Å². The van der Waals surface area contributed by atoms with Crippen LogP contribution >= 0.6 is 0 Å². The van der Waals surface area contributed by atoms with Crippen LogP contribution in [-0.2, 0) is 16.1 Å². The van der Waals surface area contributed by atoms with Gasteiger partial charge in [-0.3, -0.25) is 9.59 Å². The Balaban J connectivity index is 1.93. The summed E-state index contributed by atoms with van der Waals surface area (Å²) in [6.07, 6.45) is 3.60. The standard InChI is InChI=1S/C16H26N4O2/c1-4-5-8-20-15(11-12(2)18-20)17-16(22)14-6-9-19(10-7-14)13(3)21/h11,14H,4-10H2,1-3H3,(H,17,22). The number of piperidine rings is 1. The molecule has 0 spiro atoms. The van der Waals surface area contributed by atoms with E-state index in [9.17, 15) is 9.59 Å². The van der Waals surface area contributed by atoms with Crippen molar-refractivity contribution in [2.75, 3.05) is 18.4 Å². The molecule has 0 aliphatic carbocycles. The summed E-state index contributed by atoms with van der Waals surface area (Å²) in [4.78, 5) is 25.6. The topological polar surface area (TPSA) is 67.2 Å². The molecule has 0 aromatic carbocycles. The third-order valence-electron chi connectivity index (χ3n) is 4.19. The van der Waals surface area contributed by atoms with E-state index >= 15 is 0 Å². The van der Waals surface area contributed by atoms with Gasteiger partial charge in [-0.15, -0.1) is 0 Å². The number of hydrogen-bond acceptors (Lipinski definition) is 3. The van der Waals surface area contributed by atoms with Gasteiger partial charge >= 0.3 is 0 Å². The van der Waals surface area contributed by atoms with Crippen LogP contribution in [0, 0.1) is 12.8 Å². The van der Waals surface area contributed by atoms with Gasteiger partial charge in [-0.1, -0.05) is 13.3 Å². The number of nitrogens with one attached hydrogen (secondary N) is 1. The molecule has 1 saturated heterocycles. The van der Waals surface area contributed by atoms with Crippen LogP contribution in [-0.4, -0.2) is 39.6 Å². The number of hydrogen-bond donors (Lipinski definition) is 1. The van der Waals surface area contributed by atoms with Crippen molar-refractivity contribution in [1.29, 1.82) is 0 Å². The van der Waals surface area contributed by atoms with Gasteiger partial charge in [0.2, 0.25) is 11.8 Å². The summed E-state index contributed by atoms with van der Waals surface area (Å²) in [5.41, 5.74) is 0.915. The minimum atomic E-state index is -0.0227. The molecule has 0 bridgehead atoms. The van der Waals surface area contributed by atoms with Crippen molar-refractivity contribution in [2.45, 2.75) is 53.0 Å². The summed E-state index contributed by atoms with van der Waals surface area (Å²) >= 11 is 0. The lowest BCUT2D eigenvalue weighted by atomic mass is 9.96. The number of aryl methyl sites for hydroxylation is 2. The van der Waals surface area contributed by atoms with Crippen molar-refractivity contribution in [3.63, 3.8) is 0 Å². The molecule has 1 aliphatic rings. The molecule has 0 radical (unpaired) electrons. The van der Waals surface area contributed by atoms with Gasteiger partial charge in [-0.25, -0.2) is 4.68 Å². The molecule has 2 heterocycles. The number of carbonyl (C=O) groups is 2. The Morgan fingerprint density at radius 2 is 2.05 bits per heavy atom. The largest absolute Gasteiger partial charge is 0.343 e. The van der Waals surface area contributed by atoms with E-state index in [0.717, 1.165) is 43.7 Å². The van der Waals surface area contributed by atoms with Gasteiger partial charge in [-0.05, 0) is 26.2 Å². The molecule has 2 rings (SSSR count). The predicted octanol–water partition coefficient (Wildman–Crippen LogP) is 2.19. The lowest BCUT2D eigenvalue weighted by Gasteiger charge is -2.30. The molecule has 122 valence electrons. The Bertz CT molecular complexity index is 530. The number of aromatic nitrogens is 2. The minimum absolute atomic E-state index is 0.0227. The molecule has 6 nitrogen and oxygen atoms in total. The zero-order valence-electron chi connectivity index (χ0n) is 13.8. The summed E-state index contributed by atoms with van der Waals surface area (Å²) in [5, 5.41) is 7.44. The molecular formula is C16H26N4O2. The third-order valence-corrected chi connectivity index (χ3v) is 4.19. The van der Waals surface area contributed by atoms with Crippen LogP contribution in [0.4, 0.5) is 5.82 Å². The molecule has 6 heteroatoms. The first-order valence-electron chi connectivity index (χ1n) is 8.12. The van der Waals surface area contributed by atoms with E-state index in [-0.39, 0.29) is 17.7 Å². The number of likely N-dealkylation sites (tertiary alicyclic amines) is 1. The summed E-state index contributed by atoms with van der Waals surface area (Å²) in [7, 11) is 0. The van der Waals surface area contributed by atoms with E-state index in [1.54, 1.807) is 11.8 Å². The van der Waals surface area contributed by atoms with Crippen LogP contribution in [0.5, 0.6) is 0 Å². The van der Waals surface area contributed by atoms with E-state index < -0.39 is 0 Å². The lowest BCUT2D eigenvalue weighted by molar-refractivity contribution is -0.132. The first kappa shape index (κ1) is 16.5. The Morgan fingerprint density at radius 3 is 2.64 bits per heavy atom. The molecule has 1 aromatic heterocycles. The van der Waals surface area contributed by atoms with E-state index in [1.807, 2.05) is 17.7 Å². The third kappa shape index (κ3) is 4.08. The summed E-state index contributed by atoms with van der Waals surface area (Å²) in [5.74, 6) is 0.892. The Hall–Kier alpha value is -1.85. The zero-order valence-corrected chi connectivity index (χ0v) is 13.8. The first-order valence-corrected chi connectivity index (χ1v) is 8.12. The molecule has 0 unspecified atom stereocenters. The highest BCUT2D eigenvalue weighted by Gasteiger charge is 2.26. The van der Waals surface area contributed by atoms with Crippen LogP contribution < -0.4 is 5.32 Å². The number of amides is 2. The molecule has 0 saturated carbocycles. The monoisotopic (exact) mass is 306 g/mol. The van der Waals surface area contributed by atoms with Crippen molar-refractivity contribution >= 4 is 17.6 Å². The predicted molar refractivity (Wildman–Crippen MR) is 85.5 cm³/mol. The number of anilines is 1. The molecule has 0 atom stereocenters. The molecule has 22 heavy (non-hydrogen) atoms. The fourth-order valence-electron chi connectivity index (χ4n) is 2.81. The SMILES string of the molecule is CCCCn1nc(C)cc1NC(=O)C1CCN(C(C)=O)CC1. The van der Waals surface area contributed by atoms with Gasteiger partial charge in [0.1, 0.15) is 5.82 Å². The van der Waals surface area contributed by atoms with E-state index in [2.05, 4.69) is 17.3 Å². The van der Waals surface area contributed by atoms with Crippen LogP contribution in [0.2, 0.25) is 0 Å². The summed E-state index contributed by atoms with van der Waals surface area (Å²) in [6.45, 7) is 7.81. The second-order valence-electron chi connectivity index (χ2n) is 6.02. The van der Waals surface area contributed by atoms with Crippen molar-refractivity contribution in [3.8, 4) is 0 Å². The van der Waals surface area contributed by atoms with Crippen molar-refractivity contribution in [2.24, 2.45) is 5.92 Å². The van der Waals surface area contributed by atoms with Gasteiger partial charge in [0, 0.05) is 38.5 Å². The number of rotatable bonds is 5. The van der Waals surface area contributed by atoms with Crippen molar-refractivity contribution < 1.29 is 9.59 Å². The summed E-state index contributed by atoms with van der Waals surface area (Å²) in [6, 6.07) is 1.91. The Morgan fingerprint density at radius 1 is 1.36 bits per heavy atom. The van der Waals surface area contributed by atoms with Gasteiger partial charge in [0.15, 0.2) is 0 Å². The average molecular weight is 306 g/mol. The second kappa shape index (κ2) is 7.42. The van der Waals surface area contributed by atoms with Crippen molar-refractivity contribution in [1.82, 2.24) is 14.7 Å². The maximum Gasteiger partial charge on any atom is 0.228 e. The highest BCUT2D eigenvalue weighted by Crippen LogP contribution is 2.20. The fraction of sp³-hybridized carbons (Fsp3) is 0.688. The van der Waals surface area contributed by atoms with E-state index in [4.69, 9.17) is 0 Å². The van der Waals surface area contributed by atoms with Crippen LogP contribution in [0.3, 0.4) is 0 Å². The van der Waals surface area contributed by atoms with Gasteiger partial charge < -0.3 is 10.2 Å². The molecule has 2 amide bonds. The molecule has 1 N–H and O–H groups in total. The molecule has 1 fully saturated rings. The van der Waals surface area contributed by atoms with Gasteiger partial charge in [-0.2, -0.15) is 5.10 Å². The maximum absolute atomic E-state index is 12.4. The number of nitrogens with zero attached hydrogens (tertiary/aromatic N) is 3. The minimum Gasteiger partial charge on any atom is -0.343 e. The number of carbonyl (C=O) groups excluding carboxylic acids is 2. The zero-order chi connectivity index (χ0) is 16.1. The van der Waals surface area contributed by atoms with Crippen molar-refractivity contribution in [3.05, 3.63) is 11.8 Å². The average Bonchev–Trinajstić information content (AvgIpc) is 2.84. The fourth-order valence-corrected chi connectivity index (χ4v) is 2.81. The number of unbranched alkanes of at least 4 members (excludes halogenated alkanes) is 1. The second-order valence-corrected chi connectivity index (χ2v) is 6.02. The molecular weight excluding hydrogens is 280 g/mol. The Kier molecular flexibility index (Phi) is 5.57. The smallest absolute Gasteiger partial charge is 0.228 e. The van der Waals surface area contributed by atoms with Crippen LogP contribution in [0.15, 0.2) is 6.07 Å².